The number of rotatable bonds is 5. The van der Waals surface area contributed by atoms with E-state index in [2.05, 4.69) is 38.0 Å². The Morgan fingerprint density at radius 1 is 1.03 bits per heavy atom. The van der Waals surface area contributed by atoms with Gasteiger partial charge in [-0.3, -0.25) is 9.59 Å². The third-order valence-electron chi connectivity index (χ3n) is 8.53. The van der Waals surface area contributed by atoms with Gasteiger partial charge in [0.2, 0.25) is 5.91 Å². The van der Waals surface area contributed by atoms with E-state index in [1.165, 1.54) is 11.3 Å². The van der Waals surface area contributed by atoms with Crippen LogP contribution in [0.4, 0.5) is 4.79 Å². The predicted octanol–water partition coefficient (Wildman–Crippen LogP) is 3.88. The first-order valence-corrected chi connectivity index (χ1v) is 13.4. The van der Waals surface area contributed by atoms with Gasteiger partial charge in [0, 0.05) is 49.4 Å². The number of piperidine rings is 2. The van der Waals surface area contributed by atoms with Crippen LogP contribution in [0.5, 0.6) is 0 Å². The molecular formula is C25H38N4O4S. The molecule has 1 aromatic rings. The number of nitrogens with zero attached hydrogens (tertiary/aromatic N) is 3. The van der Waals surface area contributed by atoms with Gasteiger partial charge in [0.15, 0.2) is 0 Å². The van der Waals surface area contributed by atoms with Gasteiger partial charge in [-0.1, -0.05) is 27.7 Å². The molecule has 8 nitrogen and oxygen atoms in total. The molecule has 188 valence electrons. The molecule has 0 radical (unpaired) electrons. The second-order valence-corrected chi connectivity index (χ2v) is 11.9. The number of likely N-dealkylation sites (tertiary alicyclic amines) is 2. The smallest absolute Gasteiger partial charge is 0.409 e. The molecule has 1 aliphatic carbocycles. The van der Waals surface area contributed by atoms with E-state index in [-0.39, 0.29) is 34.8 Å². The number of aromatic nitrogens is 1. The lowest BCUT2D eigenvalue weighted by molar-refractivity contribution is -0.134. The molecule has 3 fully saturated rings. The van der Waals surface area contributed by atoms with E-state index < -0.39 is 0 Å². The van der Waals surface area contributed by atoms with E-state index >= 15 is 0 Å². The van der Waals surface area contributed by atoms with E-state index in [1.807, 2.05) is 10.3 Å². The summed E-state index contributed by atoms with van der Waals surface area (Å²) >= 11 is 1.54. The molecule has 0 atom stereocenters. The van der Waals surface area contributed by atoms with Gasteiger partial charge in [-0.15, -0.1) is 11.3 Å². The van der Waals surface area contributed by atoms with Crippen LogP contribution < -0.4 is 5.32 Å². The Morgan fingerprint density at radius 3 is 2.18 bits per heavy atom. The third kappa shape index (κ3) is 4.68. The molecular weight excluding hydrogens is 452 g/mol. The number of amides is 3. The number of carbonyl (C=O) groups excluding carboxylic acids is 3. The molecule has 1 saturated carbocycles. The van der Waals surface area contributed by atoms with E-state index in [4.69, 9.17) is 4.74 Å². The second kappa shape index (κ2) is 9.47. The predicted molar refractivity (Wildman–Crippen MR) is 131 cm³/mol. The highest BCUT2D eigenvalue weighted by molar-refractivity contribution is 7.09. The van der Waals surface area contributed by atoms with Crippen LogP contribution in [0.2, 0.25) is 0 Å². The van der Waals surface area contributed by atoms with Crippen LogP contribution in [0.15, 0.2) is 5.38 Å². The summed E-state index contributed by atoms with van der Waals surface area (Å²) in [6.45, 7) is 13.6. The average molecular weight is 491 g/mol. The fourth-order valence-corrected chi connectivity index (χ4v) is 6.57. The van der Waals surface area contributed by atoms with E-state index in [0.29, 0.717) is 50.1 Å². The lowest BCUT2D eigenvalue weighted by Gasteiger charge is -2.32. The van der Waals surface area contributed by atoms with Crippen molar-refractivity contribution in [3.8, 4) is 0 Å². The van der Waals surface area contributed by atoms with Gasteiger partial charge in [-0.05, 0) is 43.4 Å². The van der Waals surface area contributed by atoms with Crippen molar-refractivity contribution in [1.29, 1.82) is 0 Å². The first-order valence-electron chi connectivity index (χ1n) is 12.5. The molecule has 2 saturated heterocycles. The normalized spacial score (nSPS) is 23.0. The molecule has 1 N–H and O–H groups in total. The second-order valence-electron chi connectivity index (χ2n) is 11.0. The Labute approximate surface area is 206 Å². The molecule has 3 heterocycles. The molecule has 4 rings (SSSR count). The molecule has 3 amide bonds. The minimum atomic E-state index is -0.284. The zero-order valence-electron chi connectivity index (χ0n) is 21.1. The van der Waals surface area contributed by atoms with Gasteiger partial charge in [0.05, 0.1) is 11.6 Å². The van der Waals surface area contributed by atoms with Crippen molar-refractivity contribution in [2.45, 2.75) is 72.3 Å². The molecule has 9 heteroatoms. The van der Waals surface area contributed by atoms with Crippen LogP contribution in [0.1, 0.15) is 81.7 Å². The Morgan fingerprint density at radius 2 is 1.62 bits per heavy atom. The Balaban J connectivity index is 1.25. The Hall–Kier alpha value is -2.16. The standard InChI is InChI=1S/C25H38N4O4S/c1-6-33-23(32)29-13-9-17(10-14-29)26-20(30)18-15-34-21(27-18)16-7-11-28(12-8-16)22(31)19-24(2,3)25(19,4)5/h15-17,19H,6-14H2,1-5H3,(H,26,30). The monoisotopic (exact) mass is 490 g/mol. The van der Waals surface area contributed by atoms with Crippen molar-refractivity contribution >= 4 is 29.2 Å². The highest BCUT2D eigenvalue weighted by Gasteiger charge is 2.68. The number of hydrogen-bond acceptors (Lipinski definition) is 6. The SMILES string of the molecule is CCOC(=O)N1CCC(NC(=O)c2csc(C3CCN(C(=O)C4C(C)(C)C4(C)C)CC3)n2)CC1. The van der Waals surface area contributed by atoms with E-state index in [1.54, 1.807) is 11.8 Å². The molecule has 2 aliphatic heterocycles. The summed E-state index contributed by atoms with van der Waals surface area (Å²) in [7, 11) is 0. The van der Waals surface area contributed by atoms with Gasteiger partial charge in [0.25, 0.3) is 5.91 Å². The highest BCUT2D eigenvalue weighted by Crippen LogP contribution is 2.68. The lowest BCUT2D eigenvalue weighted by Crippen LogP contribution is -2.46. The molecule has 34 heavy (non-hydrogen) atoms. The fraction of sp³-hybridized carbons (Fsp3) is 0.760. The summed E-state index contributed by atoms with van der Waals surface area (Å²) in [5.41, 5.74) is 0.592. The first kappa shape index (κ1) is 24.9. The molecule has 3 aliphatic rings. The summed E-state index contributed by atoms with van der Waals surface area (Å²) in [4.78, 5) is 46.0. The molecule has 0 spiro atoms. The van der Waals surface area contributed by atoms with E-state index in [0.717, 1.165) is 30.9 Å². The highest BCUT2D eigenvalue weighted by atomic mass is 32.1. The molecule has 1 aromatic heterocycles. The van der Waals surface area contributed by atoms with Crippen molar-refractivity contribution in [3.05, 3.63) is 16.1 Å². The largest absolute Gasteiger partial charge is 0.450 e. The van der Waals surface area contributed by atoms with Crippen molar-refractivity contribution in [2.24, 2.45) is 16.7 Å². The van der Waals surface area contributed by atoms with Crippen LogP contribution in [-0.2, 0) is 9.53 Å². The van der Waals surface area contributed by atoms with Gasteiger partial charge in [-0.25, -0.2) is 9.78 Å². The third-order valence-corrected chi connectivity index (χ3v) is 9.54. The van der Waals surface area contributed by atoms with Crippen molar-refractivity contribution < 1.29 is 19.1 Å². The van der Waals surface area contributed by atoms with Gasteiger partial charge in [0.1, 0.15) is 5.69 Å². The molecule has 0 bridgehead atoms. The molecule has 0 unspecified atom stereocenters. The summed E-state index contributed by atoms with van der Waals surface area (Å²) in [5, 5.41) is 5.90. The summed E-state index contributed by atoms with van der Waals surface area (Å²) in [6.07, 6.45) is 2.92. The maximum absolute atomic E-state index is 13.0. The zero-order chi connectivity index (χ0) is 24.7. The maximum Gasteiger partial charge on any atom is 0.409 e. The average Bonchev–Trinajstić information content (AvgIpc) is 3.14. The van der Waals surface area contributed by atoms with Crippen LogP contribution in [0.3, 0.4) is 0 Å². The van der Waals surface area contributed by atoms with Crippen molar-refractivity contribution in [2.75, 3.05) is 32.8 Å². The Bertz CT molecular complexity index is 913. The van der Waals surface area contributed by atoms with Crippen LogP contribution in [0.25, 0.3) is 0 Å². The number of carbonyl (C=O) groups is 3. The van der Waals surface area contributed by atoms with E-state index in [9.17, 15) is 14.4 Å². The number of ether oxygens (including phenoxy) is 1. The first-order chi connectivity index (χ1) is 16.1. The number of nitrogens with one attached hydrogen (secondary N) is 1. The summed E-state index contributed by atoms with van der Waals surface area (Å²) in [5.74, 6) is 0.545. The van der Waals surface area contributed by atoms with Crippen LogP contribution in [-0.4, -0.2) is 71.5 Å². The maximum atomic E-state index is 13.0. The van der Waals surface area contributed by atoms with Gasteiger partial charge < -0.3 is 19.9 Å². The number of hydrogen-bond donors (Lipinski definition) is 1. The van der Waals surface area contributed by atoms with Crippen LogP contribution >= 0.6 is 11.3 Å². The summed E-state index contributed by atoms with van der Waals surface area (Å²) in [6, 6.07) is 0.0357. The summed E-state index contributed by atoms with van der Waals surface area (Å²) < 4.78 is 5.05. The minimum absolute atomic E-state index is 0.0357. The lowest BCUT2D eigenvalue weighted by atomic mass is 9.96. The zero-order valence-corrected chi connectivity index (χ0v) is 21.9. The quantitative estimate of drug-likeness (QED) is 0.676. The number of thiazole rings is 1. The Kier molecular flexibility index (Phi) is 6.95. The minimum Gasteiger partial charge on any atom is -0.450 e. The van der Waals surface area contributed by atoms with Crippen LogP contribution in [0, 0.1) is 16.7 Å². The van der Waals surface area contributed by atoms with Crippen molar-refractivity contribution in [1.82, 2.24) is 20.1 Å². The topological polar surface area (TPSA) is 91.8 Å². The van der Waals surface area contributed by atoms with Gasteiger partial charge in [-0.2, -0.15) is 0 Å². The van der Waals surface area contributed by atoms with Crippen molar-refractivity contribution in [3.63, 3.8) is 0 Å². The molecule has 0 aromatic carbocycles. The van der Waals surface area contributed by atoms with Gasteiger partial charge >= 0.3 is 6.09 Å². The fourth-order valence-electron chi connectivity index (χ4n) is 5.60.